The van der Waals surface area contributed by atoms with Crippen molar-refractivity contribution in [1.29, 1.82) is 0 Å². The lowest BCUT2D eigenvalue weighted by molar-refractivity contribution is -0.126. The summed E-state index contributed by atoms with van der Waals surface area (Å²) < 4.78 is 5.46. The molecule has 1 unspecified atom stereocenters. The average Bonchev–Trinajstić information content (AvgIpc) is 2.76. The third kappa shape index (κ3) is 1.87. The molecule has 2 bridgehead atoms. The number of rotatable bonds is 2. The molecule has 0 aromatic rings. The first-order valence-electron chi connectivity index (χ1n) is 7.25. The molecule has 2 aliphatic carbocycles. The first kappa shape index (κ1) is 12.9. The van der Waals surface area contributed by atoms with Crippen LogP contribution in [0.2, 0.25) is 0 Å². The molecule has 0 aromatic heterocycles. The number of amides is 1. The van der Waals surface area contributed by atoms with E-state index in [2.05, 4.69) is 0 Å². The molecule has 4 nitrogen and oxygen atoms in total. The Morgan fingerprint density at radius 1 is 1.26 bits per heavy atom. The lowest BCUT2D eigenvalue weighted by Crippen LogP contribution is -2.48. The topological polar surface area (TPSA) is 46.6 Å². The molecule has 3 atom stereocenters. The molecule has 2 heterocycles. The molecule has 2 saturated heterocycles. The number of nitrogens with zero attached hydrogens (tertiary/aromatic N) is 1. The number of ether oxygens (including phenoxy) is 1. The third-order valence-corrected chi connectivity index (χ3v) is 5.05. The van der Waals surface area contributed by atoms with E-state index < -0.39 is 5.60 Å². The molecule has 4 heteroatoms. The molecule has 0 spiro atoms. The van der Waals surface area contributed by atoms with Gasteiger partial charge in [-0.3, -0.25) is 4.79 Å². The van der Waals surface area contributed by atoms with Gasteiger partial charge in [-0.05, 0) is 58.8 Å². The van der Waals surface area contributed by atoms with Crippen LogP contribution in [0.5, 0.6) is 0 Å². The Hall–Kier alpha value is -1.06. The van der Waals surface area contributed by atoms with Gasteiger partial charge in [0.2, 0.25) is 0 Å². The van der Waals surface area contributed by atoms with Crippen molar-refractivity contribution in [2.24, 2.45) is 17.3 Å². The number of hydrogen-bond acceptors (Lipinski definition) is 3. The summed E-state index contributed by atoms with van der Waals surface area (Å²) in [6, 6.07) is 0.242. The van der Waals surface area contributed by atoms with Crippen molar-refractivity contribution in [3.63, 3.8) is 0 Å². The van der Waals surface area contributed by atoms with Gasteiger partial charge in [-0.15, -0.1) is 0 Å². The van der Waals surface area contributed by atoms with E-state index in [0.29, 0.717) is 17.6 Å². The van der Waals surface area contributed by atoms with Gasteiger partial charge in [0.05, 0.1) is 0 Å². The van der Waals surface area contributed by atoms with Crippen LogP contribution >= 0.6 is 0 Å². The number of fused-ring (bicyclic) bond motifs is 1. The Morgan fingerprint density at radius 3 is 2.37 bits per heavy atom. The standard InChI is InChI=1S/C15H23NO3/c1-9(17)15(5-6-15)12-10-7-11(12)16(8-10)13(18)19-14(2,3)4/h10-12H,5-8H2,1-4H3/t10-,11-,12?/m0/s1. The van der Waals surface area contributed by atoms with Gasteiger partial charge in [0.15, 0.2) is 0 Å². The number of carbonyl (C=O) groups is 2. The largest absolute Gasteiger partial charge is 0.444 e. The van der Waals surface area contributed by atoms with Gasteiger partial charge in [0.1, 0.15) is 11.4 Å². The SMILES string of the molecule is CC(=O)C1(C2[C@H]3C[C@@H]2N(C(=O)OC(C)(C)C)C3)CC1. The zero-order valence-corrected chi connectivity index (χ0v) is 12.2. The molecular formula is C15H23NO3. The molecule has 1 amide bonds. The summed E-state index contributed by atoms with van der Waals surface area (Å²) >= 11 is 0. The molecule has 4 aliphatic rings. The predicted octanol–water partition coefficient (Wildman–Crippen LogP) is 2.61. The maximum absolute atomic E-state index is 12.2. The lowest BCUT2D eigenvalue weighted by Gasteiger charge is -2.41. The summed E-state index contributed by atoms with van der Waals surface area (Å²) in [4.78, 5) is 25.9. The van der Waals surface area contributed by atoms with Crippen LogP contribution in [0.4, 0.5) is 4.79 Å². The third-order valence-electron chi connectivity index (χ3n) is 5.05. The molecule has 0 N–H and O–H groups in total. The van der Waals surface area contributed by atoms with Crippen molar-refractivity contribution in [2.45, 2.75) is 58.6 Å². The number of hydrogen-bond donors (Lipinski definition) is 0. The van der Waals surface area contributed by atoms with Crippen molar-refractivity contribution in [1.82, 2.24) is 4.90 Å². The summed E-state index contributed by atoms with van der Waals surface area (Å²) in [6.07, 6.45) is 2.88. The highest BCUT2D eigenvalue weighted by atomic mass is 16.6. The van der Waals surface area contributed by atoms with Gasteiger partial charge in [-0.2, -0.15) is 0 Å². The van der Waals surface area contributed by atoms with Crippen molar-refractivity contribution in [3.05, 3.63) is 0 Å². The zero-order valence-electron chi connectivity index (χ0n) is 12.2. The highest BCUT2D eigenvalue weighted by Crippen LogP contribution is 2.65. The molecule has 106 valence electrons. The Bertz CT molecular complexity index is 433. The second-order valence-corrected chi connectivity index (χ2v) is 7.43. The number of carbonyl (C=O) groups excluding carboxylic acids is 2. The summed E-state index contributed by atoms with van der Waals surface area (Å²) in [5.74, 6) is 1.24. The summed E-state index contributed by atoms with van der Waals surface area (Å²) in [5.41, 5.74) is -0.540. The average molecular weight is 265 g/mol. The van der Waals surface area contributed by atoms with Crippen LogP contribution in [0.25, 0.3) is 0 Å². The van der Waals surface area contributed by atoms with E-state index in [0.717, 1.165) is 25.8 Å². The highest BCUT2D eigenvalue weighted by molar-refractivity contribution is 5.86. The van der Waals surface area contributed by atoms with Crippen molar-refractivity contribution in [2.75, 3.05) is 6.54 Å². The fourth-order valence-corrected chi connectivity index (χ4v) is 4.02. The molecular weight excluding hydrogens is 242 g/mol. The first-order chi connectivity index (χ1) is 8.74. The van der Waals surface area contributed by atoms with Gasteiger partial charge in [-0.1, -0.05) is 0 Å². The van der Waals surface area contributed by atoms with E-state index in [-0.39, 0.29) is 17.6 Å². The van der Waals surface area contributed by atoms with E-state index in [1.54, 1.807) is 6.92 Å². The summed E-state index contributed by atoms with van der Waals surface area (Å²) in [5, 5.41) is 0. The van der Waals surface area contributed by atoms with Crippen molar-refractivity contribution >= 4 is 11.9 Å². The van der Waals surface area contributed by atoms with Gasteiger partial charge in [0.25, 0.3) is 0 Å². The highest BCUT2D eigenvalue weighted by Gasteiger charge is 2.67. The fraction of sp³-hybridized carbons (Fsp3) is 0.867. The van der Waals surface area contributed by atoms with Crippen LogP contribution in [0.1, 0.15) is 47.0 Å². The van der Waals surface area contributed by atoms with Crippen LogP contribution in [0, 0.1) is 17.3 Å². The molecule has 19 heavy (non-hydrogen) atoms. The Morgan fingerprint density at radius 2 is 1.89 bits per heavy atom. The van der Waals surface area contributed by atoms with E-state index in [1.165, 1.54) is 0 Å². The summed E-state index contributed by atoms with van der Waals surface area (Å²) in [6.45, 7) is 8.16. The van der Waals surface area contributed by atoms with Crippen LogP contribution in [0.15, 0.2) is 0 Å². The van der Waals surface area contributed by atoms with Crippen molar-refractivity contribution < 1.29 is 14.3 Å². The van der Waals surface area contributed by atoms with E-state index >= 15 is 0 Å². The molecule has 2 aliphatic heterocycles. The molecule has 4 fully saturated rings. The lowest BCUT2D eigenvalue weighted by atomic mass is 9.64. The van der Waals surface area contributed by atoms with Crippen molar-refractivity contribution in [3.8, 4) is 0 Å². The molecule has 4 rings (SSSR count). The summed E-state index contributed by atoms with van der Waals surface area (Å²) in [7, 11) is 0. The van der Waals surface area contributed by atoms with Gasteiger partial charge in [-0.25, -0.2) is 4.79 Å². The number of ketones is 1. The Kier molecular flexibility index (Phi) is 2.55. The quantitative estimate of drug-likeness (QED) is 0.771. The molecule has 0 radical (unpaired) electrons. The normalized spacial score (nSPS) is 34.7. The van der Waals surface area contributed by atoms with Crippen LogP contribution in [0.3, 0.4) is 0 Å². The van der Waals surface area contributed by atoms with Crippen LogP contribution < -0.4 is 0 Å². The minimum Gasteiger partial charge on any atom is -0.444 e. The maximum Gasteiger partial charge on any atom is 0.410 e. The minimum atomic E-state index is -0.447. The van der Waals surface area contributed by atoms with Crippen LogP contribution in [-0.4, -0.2) is 35.0 Å². The first-order valence-corrected chi connectivity index (χ1v) is 7.25. The van der Waals surface area contributed by atoms with E-state index in [9.17, 15) is 9.59 Å². The van der Waals surface area contributed by atoms with Gasteiger partial charge in [0, 0.05) is 18.0 Å². The second-order valence-electron chi connectivity index (χ2n) is 7.43. The predicted molar refractivity (Wildman–Crippen MR) is 70.7 cm³/mol. The molecule has 2 saturated carbocycles. The van der Waals surface area contributed by atoms with Gasteiger partial charge < -0.3 is 9.64 Å². The minimum absolute atomic E-state index is 0.0929. The number of Topliss-reactive ketones (excluding diaryl/α,β-unsaturated/α-hetero) is 1. The Labute approximate surface area is 114 Å². The van der Waals surface area contributed by atoms with E-state index in [1.807, 2.05) is 25.7 Å². The van der Waals surface area contributed by atoms with Gasteiger partial charge >= 0.3 is 6.09 Å². The fourth-order valence-electron chi connectivity index (χ4n) is 4.02. The van der Waals surface area contributed by atoms with E-state index in [4.69, 9.17) is 4.74 Å². The smallest absolute Gasteiger partial charge is 0.410 e. The zero-order chi connectivity index (χ0) is 14.0. The second kappa shape index (κ2) is 3.74. The monoisotopic (exact) mass is 265 g/mol. The van der Waals surface area contributed by atoms with Crippen LogP contribution in [-0.2, 0) is 9.53 Å². The molecule has 0 aromatic carbocycles. The Balaban J connectivity index is 1.70. The maximum atomic E-state index is 12.2.